The quantitative estimate of drug-likeness (QED) is 0.602. The van der Waals surface area contributed by atoms with Gasteiger partial charge >= 0.3 is 0 Å². The van der Waals surface area contributed by atoms with E-state index in [0.29, 0.717) is 6.42 Å². The fraction of sp³-hybridized carbons (Fsp3) is 0.409. The molecule has 1 aliphatic heterocycles. The lowest BCUT2D eigenvalue weighted by Gasteiger charge is -2.33. The number of hydrogen-bond acceptors (Lipinski definition) is 6. The summed E-state index contributed by atoms with van der Waals surface area (Å²) in [7, 11) is 2.14. The van der Waals surface area contributed by atoms with Crippen LogP contribution in [0.1, 0.15) is 24.3 Å². The molecule has 1 aliphatic rings. The van der Waals surface area contributed by atoms with Crippen LogP contribution in [-0.4, -0.2) is 54.0 Å². The third-order valence-electron chi connectivity index (χ3n) is 5.24. The Morgan fingerprint density at radius 2 is 1.93 bits per heavy atom. The van der Waals surface area contributed by atoms with Crippen molar-refractivity contribution in [1.29, 1.82) is 0 Å². The number of carbonyl (C=O) groups is 1. The molecule has 1 N–H and O–H groups in total. The summed E-state index contributed by atoms with van der Waals surface area (Å²) < 4.78 is 1.23. The number of aromatic nitrogens is 2. The van der Waals surface area contributed by atoms with Gasteiger partial charge in [0, 0.05) is 32.6 Å². The van der Waals surface area contributed by atoms with E-state index in [1.807, 2.05) is 30.3 Å². The Morgan fingerprint density at radius 3 is 2.69 bits per heavy atom. The number of amides is 1. The van der Waals surface area contributed by atoms with Crippen molar-refractivity contribution < 1.29 is 4.79 Å². The first-order valence-electron chi connectivity index (χ1n) is 10.2. The van der Waals surface area contributed by atoms with Gasteiger partial charge in [-0.15, -0.1) is 11.3 Å². The second-order valence-corrected chi connectivity index (χ2v) is 8.64. The number of thiazole rings is 1. The normalized spacial score (nSPS) is 15.0. The van der Waals surface area contributed by atoms with Crippen LogP contribution < -0.4 is 10.2 Å². The van der Waals surface area contributed by atoms with Gasteiger partial charge in [0.05, 0.1) is 27.1 Å². The summed E-state index contributed by atoms with van der Waals surface area (Å²) in [6, 6.07) is 12.1. The van der Waals surface area contributed by atoms with E-state index in [2.05, 4.69) is 38.2 Å². The molecule has 1 aromatic carbocycles. The van der Waals surface area contributed by atoms with E-state index in [9.17, 15) is 4.79 Å². The molecule has 3 aromatic rings. The monoisotopic (exact) mass is 409 g/mol. The van der Waals surface area contributed by atoms with E-state index < -0.39 is 0 Å². The minimum Gasteiger partial charge on any atom is -0.354 e. The lowest BCUT2D eigenvalue weighted by molar-refractivity contribution is -0.116. The summed E-state index contributed by atoms with van der Waals surface area (Å²) in [4.78, 5) is 26.0. The van der Waals surface area contributed by atoms with Crippen LogP contribution in [-0.2, 0) is 11.2 Å². The molecule has 0 bridgehead atoms. The van der Waals surface area contributed by atoms with Crippen molar-refractivity contribution in [2.24, 2.45) is 0 Å². The number of nitrogens with zero attached hydrogens (tertiary/aromatic N) is 4. The molecule has 152 valence electrons. The molecule has 0 atom stereocenters. The lowest BCUT2D eigenvalue weighted by Crippen LogP contribution is -2.44. The number of fused-ring (bicyclic) bond motifs is 1. The second-order valence-electron chi connectivity index (χ2n) is 7.53. The van der Waals surface area contributed by atoms with Gasteiger partial charge in [-0.25, -0.2) is 9.97 Å². The molecule has 0 radical (unpaired) electrons. The molecule has 4 rings (SSSR count). The zero-order chi connectivity index (χ0) is 20.1. The molecule has 1 fully saturated rings. The van der Waals surface area contributed by atoms with Gasteiger partial charge in [-0.3, -0.25) is 4.79 Å². The SMILES string of the molecule is CN1CCN(c2ccc(NC(=O)CCCCc3nc4ccccc4s3)cn2)CC1. The Hall–Kier alpha value is -2.51. The van der Waals surface area contributed by atoms with E-state index in [0.717, 1.165) is 67.5 Å². The van der Waals surface area contributed by atoms with Crippen molar-refractivity contribution in [3.8, 4) is 0 Å². The maximum Gasteiger partial charge on any atom is 0.224 e. The Bertz CT molecular complexity index is 914. The van der Waals surface area contributed by atoms with Crippen molar-refractivity contribution in [2.75, 3.05) is 43.4 Å². The fourth-order valence-electron chi connectivity index (χ4n) is 3.49. The van der Waals surface area contributed by atoms with Crippen LogP contribution in [0.4, 0.5) is 11.5 Å². The number of benzene rings is 1. The molecular weight excluding hydrogens is 382 g/mol. The zero-order valence-electron chi connectivity index (χ0n) is 16.8. The number of hydrogen-bond donors (Lipinski definition) is 1. The Kier molecular flexibility index (Phi) is 6.36. The third kappa shape index (κ3) is 5.31. The smallest absolute Gasteiger partial charge is 0.224 e. The van der Waals surface area contributed by atoms with Gasteiger partial charge in [0.15, 0.2) is 0 Å². The number of aryl methyl sites for hydroxylation is 1. The predicted octanol–water partition coefficient (Wildman–Crippen LogP) is 3.79. The number of unbranched alkanes of at least 4 members (excludes halogenated alkanes) is 1. The number of para-hydroxylation sites is 1. The van der Waals surface area contributed by atoms with Crippen molar-refractivity contribution in [2.45, 2.75) is 25.7 Å². The van der Waals surface area contributed by atoms with Gasteiger partial charge in [0.2, 0.25) is 5.91 Å². The van der Waals surface area contributed by atoms with Crippen LogP contribution in [0, 0.1) is 0 Å². The molecule has 0 unspecified atom stereocenters. The van der Waals surface area contributed by atoms with Crippen LogP contribution in [0.5, 0.6) is 0 Å². The Morgan fingerprint density at radius 1 is 1.10 bits per heavy atom. The molecule has 0 aliphatic carbocycles. The minimum atomic E-state index is 0.0449. The maximum atomic E-state index is 12.2. The largest absolute Gasteiger partial charge is 0.354 e. The van der Waals surface area contributed by atoms with Crippen LogP contribution in [0.25, 0.3) is 10.2 Å². The molecule has 3 heterocycles. The number of rotatable bonds is 7. The number of carbonyl (C=O) groups excluding carboxylic acids is 1. The third-order valence-corrected chi connectivity index (χ3v) is 6.34. The first kappa shape index (κ1) is 19.8. The van der Waals surface area contributed by atoms with Crippen molar-refractivity contribution in [1.82, 2.24) is 14.9 Å². The van der Waals surface area contributed by atoms with E-state index in [1.165, 1.54) is 4.70 Å². The predicted molar refractivity (Wildman–Crippen MR) is 120 cm³/mol. The highest BCUT2D eigenvalue weighted by Crippen LogP contribution is 2.23. The summed E-state index contributed by atoms with van der Waals surface area (Å²) in [5.41, 5.74) is 1.83. The van der Waals surface area contributed by atoms with Crippen LogP contribution in [0.3, 0.4) is 0 Å². The van der Waals surface area contributed by atoms with Crippen molar-refractivity contribution in [3.05, 3.63) is 47.6 Å². The molecule has 2 aromatic heterocycles. The molecule has 7 heteroatoms. The molecular formula is C22H27N5OS. The molecule has 29 heavy (non-hydrogen) atoms. The Labute approximate surface area is 175 Å². The van der Waals surface area contributed by atoms with E-state index in [4.69, 9.17) is 0 Å². The standard InChI is InChI=1S/C22H27N5OS/c1-26-12-14-27(15-13-26)20-11-10-17(16-23-20)24-21(28)8-4-5-9-22-25-18-6-2-3-7-19(18)29-22/h2-3,6-7,10-11,16H,4-5,8-9,12-15H2,1H3,(H,24,28). The minimum absolute atomic E-state index is 0.0449. The molecule has 1 saturated heterocycles. The average molecular weight is 410 g/mol. The Balaban J connectivity index is 1.19. The molecule has 0 spiro atoms. The first-order chi connectivity index (χ1) is 14.2. The highest BCUT2D eigenvalue weighted by Gasteiger charge is 2.15. The highest BCUT2D eigenvalue weighted by molar-refractivity contribution is 7.18. The fourth-order valence-corrected chi connectivity index (χ4v) is 4.50. The van der Waals surface area contributed by atoms with Crippen LogP contribution >= 0.6 is 11.3 Å². The van der Waals surface area contributed by atoms with Crippen LogP contribution in [0.15, 0.2) is 42.6 Å². The number of anilines is 2. The van der Waals surface area contributed by atoms with Gasteiger partial charge in [0.25, 0.3) is 0 Å². The maximum absolute atomic E-state index is 12.2. The summed E-state index contributed by atoms with van der Waals surface area (Å²) in [5, 5.41) is 4.11. The number of nitrogens with one attached hydrogen (secondary N) is 1. The zero-order valence-corrected chi connectivity index (χ0v) is 17.6. The number of piperazine rings is 1. The second kappa shape index (κ2) is 9.33. The lowest BCUT2D eigenvalue weighted by atomic mass is 10.2. The van der Waals surface area contributed by atoms with E-state index >= 15 is 0 Å². The summed E-state index contributed by atoms with van der Waals surface area (Å²) in [6.07, 6.45) is 5.02. The van der Waals surface area contributed by atoms with E-state index in [-0.39, 0.29) is 5.91 Å². The summed E-state index contributed by atoms with van der Waals surface area (Å²) >= 11 is 1.75. The van der Waals surface area contributed by atoms with Gasteiger partial charge in [0.1, 0.15) is 5.82 Å². The summed E-state index contributed by atoms with van der Waals surface area (Å²) in [6.45, 7) is 4.09. The number of likely N-dealkylation sites (N-methyl/N-ethyl adjacent to an activating group) is 1. The summed E-state index contributed by atoms with van der Waals surface area (Å²) in [5.74, 6) is 1.02. The van der Waals surface area contributed by atoms with Gasteiger partial charge < -0.3 is 15.1 Å². The van der Waals surface area contributed by atoms with Gasteiger partial charge in [-0.2, -0.15) is 0 Å². The van der Waals surface area contributed by atoms with Crippen molar-refractivity contribution >= 4 is 39.0 Å². The molecule has 6 nitrogen and oxygen atoms in total. The topological polar surface area (TPSA) is 61.4 Å². The number of pyridine rings is 1. The average Bonchev–Trinajstić information content (AvgIpc) is 3.15. The first-order valence-corrected chi connectivity index (χ1v) is 11.0. The van der Waals surface area contributed by atoms with Crippen molar-refractivity contribution in [3.63, 3.8) is 0 Å². The molecule has 0 saturated carbocycles. The van der Waals surface area contributed by atoms with E-state index in [1.54, 1.807) is 17.5 Å². The van der Waals surface area contributed by atoms with Gasteiger partial charge in [-0.1, -0.05) is 12.1 Å². The van der Waals surface area contributed by atoms with Crippen LogP contribution in [0.2, 0.25) is 0 Å². The molecule has 1 amide bonds. The van der Waals surface area contributed by atoms with Gasteiger partial charge in [-0.05, 0) is 50.6 Å². The highest BCUT2D eigenvalue weighted by atomic mass is 32.1.